The maximum atomic E-state index is 8.79. The minimum absolute atomic E-state index is 0.188. The summed E-state index contributed by atoms with van der Waals surface area (Å²) in [5.41, 5.74) is 5.44. The van der Waals surface area contributed by atoms with E-state index in [-0.39, 0.29) is 6.61 Å². The Kier molecular flexibility index (Phi) is 1.62. The van der Waals surface area contributed by atoms with Crippen LogP contribution in [-0.4, -0.2) is 21.9 Å². The highest BCUT2D eigenvalue weighted by atomic mass is 16.4. The number of nitrogens with zero attached hydrogens (tertiary/aromatic N) is 2. The third kappa shape index (κ3) is 1.02. The van der Waals surface area contributed by atoms with E-state index >= 15 is 0 Å². The van der Waals surface area contributed by atoms with Gasteiger partial charge in [-0.1, -0.05) is 0 Å². The summed E-state index contributed by atoms with van der Waals surface area (Å²) in [6.45, 7) is 0.188. The maximum absolute atomic E-state index is 8.79. The molecular formula is C7H11N3O2. The van der Waals surface area contributed by atoms with Gasteiger partial charge < -0.3 is 15.3 Å². The normalized spacial score (nSPS) is 34.7. The van der Waals surface area contributed by atoms with Crippen LogP contribution in [-0.2, 0) is 5.54 Å². The van der Waals surface area contributed by atoms with Crippen LogP contribution in [0.3, 0.4) is 0 Å². The molecule has 0 aliphatic heterocycles. The Balaban J connectivity index is 2.07. The molecule has 1 saturated carbocycles. The zero-order valence-electron chi connectivity index (χ0n) is 6.60. The highest BCUT2D eigenvalue weighted by Crippen LogP contribution is 2.42. The molecule has 0 amide bonds. The van der Waals surface area contributed by atoms with Crippen LogP contribution in [0.25, 0.3) is 0 Å². The SMILES string of the molecule is N[C@]1(c2nnco2)C[C@@H](CO)C1. The smallest absolute Gasteiger partial charge is 0.235 e. The van der Waals surface area contributed by atoms with Gasteiger partial charge in [0, 0.05) is 6.61 Å². The third-order valence-corrected chi connectivity index (χ3v) is 2.35. The van der Waals surface area contributed by atoms with E-state index < -0.39 is 5.54 Å². The molecule has 1 heterocycles. The summed E-state index contributed by atoms with van der Waals surface area (Å²) < 4.78 is 5.00. The number of rotatable bonds is 2. The summed E-state index contributed by atoms with van der Waals surface area (Å²) >= 11 is 0. The van der Waals surface area contributed by atoms with Gasteiger partial charge >= 0.3 is 0 Å². The number of aliphatic hydroxyl groups excluding tert-OH is 1. The van der Waals surface area contributed by atoms with Gasteiger partial charge in [-0.25, -0.2) is 0 Å². The van der Waals surface area contributed by atoms with Crippen LogP contribution in [0.5, 0.6) is 0 Å². The third-order valence-electron chi connectivity index (χ3n) is 2.35. The number of nitrogens with two attached hydrogens (primary N) is 1. The van der Waals surface area contributed by atoms with Crippen molar-refractivity contribution in [1.29, 1.82) is 0 Å². The molecule has 0 atom stereocenters. The Bertz CT molecular complexity index is 254. The predicted octanol–water partition coefficient (Wildman–Crippen LogP) is -0.374. The Morgan fingerprint density at radius 2 is 2.50 bits per heavy atom. The molecule has 5 nitrogen and oxygen atoms in total. The van der Waals surface area contributed by atoms with Crippen molar-refractivity contribution in [3.8, 4) is 0 Å². The molecule has 66 valence electrons. The van der Waals surface area contributed by atoms with Gasteiger partial charge in [-0.15, -0.1) is 10.2 Å². The molecule has 0 bridgehead atoms. The summed E-state index contributed by atoms with van der Waals surface area (Å²) in [4.78, 5) is 0. The lowest BCUT2D eigenvalue weighted by atomic mass is 9.69. The second-order valence-corrected chi connectivity index (χ2v) is 3.36. The summed E-state index contributed by atoms with van der Waals surface area (Å²) in [6.07, 6.45) is 2.73. The fourth-order valence-electron chi connectivity index (χ4n) is 1.66. The van der Waals surface area contributed by atoms with Crippen molar-refractivity contribution in [2.75, 3.05) is 6.61 Å². The molecule has 5 heteroatoms. The van der Waals surface area contributed by atoms with Crippen LogP contribution in [0.2, 0.25) is 0 Å². The molecule has 0 saturated heterocycles. The van der Waals surface area contributed by atoms with Gasteiger partial charge in [-0.2, -0.15) is 0 Å². The van der Waals surface area contributed by atoms with Gasteiger partial charge in [0.1, 0.15) is 0 Å². The van der Waals surface area contributed by atoms with Crippen molar-refractivity contribution >= 4 is 0 Å². The summed E-state index contributed by atoms with van der Waals surface area (Å²) in [7, 11) is 0. The van der Waals surface area contributed by atoms with E-state index in [1.165, 1.54) is 6.39 Å². The minimum atomic E-state index is -0.482. The lowest BCUT2D eigenvalue weighted by Crippen LogP contribution is -2.50. The quantitative estimate of drug-likeness (QED) is 0.630. The molecule has 12 heavy (non-hydrogen) atoms. The van der Waals surface area contributed by atoms with Crippen LogP contribution in [0.1, 0.15) is 18.7 Å². The topological polar surface area (TPSA) is 85.2 Å². The Morgan fingerprint density at radius 3 is 3.00 bits per heavy atom. The summed E-state index contributed by atoms with van der Waals surface area (Å²) in [5.74, 6) is 0.772. The summed E-state index contributed by atoms with van der Waals surface area (Å²) in [5, 5.41) is 16.1. The largest absolute Gasteiger partial charge is 0.426 e. The zero-order valence-corrected chi connectivity index (χ0v) is 6.60. The van der Waals surface area contributed by atoms with Gasteiger partial charge in [0.15, 0.2) is 0 Å². The van der Waals surface area contributed by atoms with E-state index in [9.17, 15) is 0 Å². The first-order valence-corrected chi connectivity index (χ1v) is 3.91. The Labute approximate surface area is 69.6 Å². The Morgan fingerprint density at radius 1 is 1.75 bits per heavy atom. The van der Waals surface area contributed by atoms with E-state index in [1.807, 2.05) is 0 Å². The molecule has 1 aliphatic rings. The predicted molar refractivity (Wildman–Crippen MR) is 40.0 cm³/mol. The monoisotopic (exact) mass is 169 g/mol. The van der Waals surface area contributed by atoms with E-state index in [4.69, 9.17) is 15.3 Å². The zero-order chi connectivity index (χ0) is 8.60. The number of aliphatic hydroxyl groups is 1. The van der Waals surface area contributed by atoms with Crippen molar-refractivity contribution in [3.63, 3.8) is 0 Å². The molecule has 0 spiro atoms. The molecular weight excluding hydrogens is 158 g/mol. The molecule has 1 aliphatic carbocycles. The van der Waals surface area contributed by atoms with Crippen molar-refractivity contribution in [2.45, 2.75) is 18.4 Å². The Hall–Kier alpha value is -0.940. The molecule has 1 aromatic rings. The maximum Gasteiger partial charge on any atom is 0.235 e. The second kappa shape index (κ2) is 2.53. The minimum Gasteiger partial charge on any atom is -0.426 e. The van der Waals surface area contributed by atoms with Crippen LogP contribution in [0.4, 0.5) is 0 Å². The number of hydrogen-bond acceptors (Lipinski definition) is 5. The number of aromatic nitrogens is 2. The van der Waals surface area contributed by atoms with Crippen LogP contribution in [0.15, 0.2) is 10.8 Å². The molecule has 0 unspecified atom stereocenters. The molecule has 0 radical (unpaired) electrons. The van der Waals surface area contributed by atoms with Gasteiger partial charge in [0.05, 0.1) is 5.54 Å². The van der Waals surface area contributed by atoms with Crippen LogP contribution < -0.4 is 5.73 Å². The molecule has 1 aromatic heterocycles. The second-order valence-electron chi connectivity index (χ2n) is 3.36. The van der Waals surface area contributed by atoms with Gasteiger partial charge in [-0.05, 0) is 18.8 Å². The fourth-order valence-corrected chi connectivity index (χ4v) is 1.66. The first-order chi connectivity index (χ1) is 5.74. The number of hydrogen-bond donors (Lipinski definition) is 2. The fraction of sp³-hybridized carbons (Fsp3) is 0.714. The van der Waals surface area contributed by atoms with Crippen LogP contribution >= 0.6 is 0 Å². The van der Waals surface area contributed by atoms with E-state index in [1.54, 1.807) is 0 Å². The standard InChI is InChI=1S/C7H11N3O2/c8-7(1-5(2-7)3-11)6-10-9-4-12-6/h4-5,11H,1-3,8H2/t5-,7-. The molecule has 1 fully saturated rings. The highest BCUT2D eigenvalue weighted by Gasteiger charge is 2.45. The average molecular weight is 169 g/mol. The van der Waals surface area contributed by atoms with Crippen molar-refractivity contribution in [2.24, 2.45) is 11.7 Å². The first kappa shape index (κ1) is 7.70. The van der Waals surface area contributed by atoms with E-state index in [2.05, 4.69) is 10.2 Å². The van der Waals surface area contributed by atoms with Gasteiger partial charge in [-0.3, -0.25) is 0 Å². The highest BCUT2D eigenvalue weighted by molar-refractivity contribution is 5.07. The lowest BCUT2D eigenvalue weighted by Gasteiger charge is -2.41. The van der Waals surface area contributed by atoms with Crippen molar-refractivity contribution < 1.29 is 9.52 Å². The van der Waals surface area contributed by atoms with Gasteiger partial charge in [0.25, 0.3) is 0 Å². The van der Waals surface area contributed by atoms with Gasteiger partial charge in [0.2, 0.25) is 12.3 Å². The van der Waals surface area contributed by atoms with E-state index in [0.717, 1.165) is 12.8 Å². The first-order valence-electron chi connectivity index (χ1n) is 3.91. The van der Waals surface area contributed by atoms with E-state index in [0.29, 0.717) is 11.8 Å². The lowest BCUT2D eigenvalue weighted by molar-refractivity contribution is 0.0622. The van der Waals surface area contributed by atoms with Crippen LogP contribution in [0, 0.1) is 5.92 Å². The average Bonchev–Trinajstić information content (AvgIpc) is 2.50. The molecule has 3 N–H and O–H groups in total. The molecule has 0 aromatic carbocycles. The van der Waals surface area contributed by atoms with Crippen molar-refractivity contribution in [3.05, 3.63) is 12.3 Å². The van der Waals surface area contributed by atoms with Crippen molar-refractivity contribution in [1.82, 2.24) is 10.2 Å². The summed E-state index contributed by atoms with van der Waals surface area (Å²) in [6, 6.07) is 0. The molecule has 2 rings (SSSR count).